The molecule has 0 spiro atoms. The lowest BCUT2D eigenvalue weighted by Gasteiger charge is -2.16. The van der Waals surface area contributed by atoms with Crippen molar-refractivity contribution in [3.63, 3.8) is 0 Å². The van der Waals surface area contributed by atoms with E-state index in [2.05, 4.69) is 64.8 Å². The summed E-state index contributed by atoms with van der Waals surface area (Å²) in [6.07, 6.45) is 1.61. The molecule has 140 valence electrons. The Hall–Kier alpha value is -3.15. The summed E-state index contributed by atoms with van der Waals surface area (Å²) >= 11 is 0. The number of para-hydroxylation sites is 2. The summed E-state index contributed by atoms with van der Waals surface area (Å²) in [6, 6.07) is 14.2. The van der Waals surface area contributed by atoms with Crippen LogP contribution in [0.15, 0.2) is 48.7 Å². The molecule has 0 atom stereocenters. The van der Waals surface area contributed by atoms with Gasteiger partial charge in [0.05, 0.1) is 13.3 Å². The fraction of sp³-hybridized carbons (Fsp3) is 0.286. The lowest BCUT2D eigenvalue weighted by molar-refractivity contribution is 0.410. The molecule has 0 bridgehead atoms. The van der Waals surface area contributed by atoms with Crippen molar-refractivity contribution in [3.05, 3.63) is 65.4 Å². The minimum atomic E-state index is 0.396. The number of hydrogen-bond acceptors (Lipinski definition) is 6. The number of nitrogens with one attached hydrogen (secondary N) is 2. The number of nitrogens with zero attached hydrogens (tertiary/aromatic N) is 3. The van der Waals surface area contributed by atoms with Crippen LogP contribution < -0.4 is 15.4 Å². The largest absolute Gasteiger partial charge is 0.496 e. The fourth-order valence-electron chi connectivity index (χ4n) is 2.93. The third-order valence-electron chi connectivity index (χ3n) is 4.38. The Labute approximate surface area is 160 Å². The minimum Gasteiger partial charge on any atom is -0.496 e. The highest BCUT2D eigenvalue weighted by atomic mass is 16.5. The summed E-state index contributed by atoms with van der Waals surface area (Å²) in [5.41, 5.74) is 4.47. The standard InChI is InChI=1S/C21H25N5O/c1-14(2)17-10-7-8-15(3)20(17)25-21-24-19(13-23-26-21)22-12-16-9-5-6-11-18(16)27-4/h5-11,13-14H,12H2,1-4H3,(H2,22,24,25,26). The molecule has 0 radical (unpaired) electrons. The average molecular weight is 363 g/mol. The topological polar surface area (TPSA) is 72.0 Å². The van der Waals surface area contributed by atoms with Crippen LogP contribution in [0.5, 0.6) is 5.75 Å². The summed E-state index contributed by atoms with van der Waals surface area (Å²) in [4.78, 5) is 4.54. The van der Waals surface area contributed by atoms with E-state index in [4.69, 9.17) is 4.74 Å². The highest BCUT2D eigenvalue weighted by molar-refractivity contribution is 5.64. The van der Waals surface area contributed by atoms with E-state index in [0.717, 1.165) is 22.6 Å². The van der Waals surface area contributed by atoms with E-state index in [-0.39, 0.29) is 0 Å². The molecule has 0 amide bonds. The van der Waals surface area contributed by atoms with Crippen molar-refractivity contribution in [2.24, 2.45) is 0 Å². The molecule has 1 heterocycles. The van der Waals surface area contributed by atoms with Crippen molar-refractivity contribution in [2.75, 3.05) is 17.7 Å². The second-order valence-electron chi connectivity index (χ2n) is 6.65. The van der Waals surface area contributed by atoms with Crippen LogP contribution in [0, 0.1) is 6.92 Å². The Bertz CT molecular complexity index is 911. The normalized spacial score (nSPS) is 10.7. The zero-order valence-electron chi connectivity index (χ0n) is 16.2. The number of anilines is 3. The van der Waals surface area contributed by atoms with Crippen LogP contribution in [0.3, 0.4) is 0 Å². The number of aryl methyl sites for hydroxylation is 1. The molecule has 6 nitrogen and oxygen atoms in total. The van der Waals surface area contributed by atoms with Gasteiger partial charge in [0.15, 0.2) is 5.82 Å². The molecular weight excluding hydrogens is 338 g/mol. The van der Waals surface area contributed by atoms with Crippen LogP contribution in [0.2, 0.25) is 0 Å². The molecule has 0 aliphatic heterocycles. The van der Waals surface area contributed by atoms with Gasteiger partial charge in [0.1, 0.15) is 5.75 Å². The van der Waals surface area contributed by atoms with Crippen LogP contribution >= 0.6 is 0 Å². The molecule has 0 unspecified atom stereocenters. The van der Waals surface area contributed by atoms with Gasteiger partial charge in [-0.15, -0.1) is 5.10 Å². The maximum atomic E-state index is 5.38. The molecular formula is C21H25N5O. The van der Waals surface area contributed by atoms with E-state index in [1.165, 1.54) is 5.56 Å². The van der Waals surface area contributed by atoms with E-state index in [1.807, 2.05) is 24.3 Å². The van der Waals surface area contributed by atoms with Crippen molar-refractivity contribution in [1.29, 1.82) is 0 Å². The van der Waals surface area contributed by atoms with E-state index in [9.17, 15) is 0 Å². The van der Waals surface area contributed by atoms with Gasteiger partial charge in [-0.05, 0) is 30.0 Å². The third-order valence-corrected chi connectivity index (χ3v) is 4.38. The summed E-state index contributed by atoms with van der Waals surface area (Å²) in [7, 11) is 1.67. The first-order chi connectivity index (χ1) is 13.1. The Morgan fingerprint density at radius 2 is 1.89 bits per heavy atom. The monoisotopic (exact) mass is 363 g/mol. The van der Waals surface area contributed by atoms with Crippen LogP contribution in [-0.4, -0.2) is 22.3 Å². The molecule has 0 saturated carbocycles. The van der Waals surface area contributed by atoms with Gasteiger partial charge in [0.25, 0.3) is 0 Å². The molecule has 3 aromatic rings. The average Bonchev–Trinajstić information content (AvgIpc) is 2.68. The van der Waals surface area contributed by atoms with Crippen LogP contribution in [0.1, 0.15) is 36.5 Å². The van der Waals surface area contributed by atoms with Crippen molar-refractivity contribution >= 4 is 17.5 Å². The Morgan fingerprint density at radius 1 is 1.07 bits per heavy atom. The molecule has 2 N–H and O–H groups in total. The number of methoxy groups -OCH3 is 1. The van der Waals surface area contributed by atoms with Crippen molar-refractivity contribution in [3.8, 4) is 5.75 Å². The second kappa shape index (κ2) is 8.49. The summed E-state index contributed by atoms with van der Waals surface area (Å²) in [5.74, 6) is 2.35. The lowest BCUT2D eigenvalue weighted by Crippen LogP contribution is -2.08. The zero-order valence-corrected chi connectivity index (χ0v) is 16.2. The smallest absolute Gasteiger partial charge is 0.249 e. The van der Waals surface area contributed by atoms with E-state index >= 15 is 0 Å². The highest BCUT2D eigenvalue weighted by Gasteiger charge is 2.11. The quantitative estimate of drug-likeness (QED) is 0.636. The number of hydrogen-bond donors (Lipinski definition) is 2. The molecule has 0 aliphatic carbocycles. The number of aromatic nitrogens is 3. The Kier molecular flexibility index (Phi) is 5.86. The predicted molar refractivity (Wildman–Crippen MR) is 109 cm³/mol. The SMILES string of the molecule is COc1ccccc1CNc1cnnc(Nc2c(C)cccc2C(C)C)n1. The van der Waals surface area contributed by atoms with Gasteiger partial charge in [0, 0.05) is 17.8 Å². The van der Waals surface area contributed by atoms with Gasteiger partial charge in [0.2, 0.25) is 5.95 Å². The van der Waals surface area contributed by atoms with Gasteiger partial charge in [-0.2, -0.15) is 10.1 Å². The number of ether oxygens (including phenoxy) is 1. The van der Waals surface area contributed by atoms with E-state index in [0.29, 0.717) is 24.2 Å². The maximum Gasteiger partial charge on any atom is 0.249 e. The fourth-order valence-corrected chi connectivity index (χ4v) is 2.93. The Morgan fingerprint density at radius 3 is 2.67 bits per heavy atom. The summed E-state index contributed by atoms with van der Waals surface area (Å²) < 4.78 is 5.38. The third kappa shape index (κ3) is 4.53. The van der Waals surface area contributed by atoms with Crippen molar-refractivity contribution < 1.29 is 4.74 Å². The van der Waals surface area contributed by atoms with Gasteiger partial charge in [-0.25, -0.2) is 0 Å². The summed E-state index contributed by atoms with van der Waals surface area (Å²) in [6.45, 7) is 7.00. The Balaban J connectivity index is 1.77. The van der Waals surface area contributed by atoms with Crippen LogP contribution in [-0.2, 0) is 6.54 Å². The van der Waals surface area contributed by atoms with Gasteiger partial charge in [-0.3, -0.25) is 0 Å². The lowest BCUT2D eigenvalue weighted by atomic mass is 9.98. The van der Waals surface area contributed by atoms with Crippen molar-refractivity contribution in [2.45, 2.75) is 33.2 Å². The molecule has 6 heteroatoms. The molecule has 0 aliphatic rings. The number of rotatable bonds is 7. The minimum absolute atomic E-state index is 0.396. The molecule has 2 aromatic carbocycles. The number of benzene rings is 2. The van der Waals surface area contributed by atoms with Crippen LogP contribution in [0.25, 0.3) is 0 Å². The van der Waals surface area contributed by atoms with Gasteiger partial charge < -0.3 is 15.4 Å². The molecule has 0 saturated heterocycles. The van der Waals surface area contributed by atoms with Gasteiger partial charge in [-0.1, -0.05) is 50.2 Å². The van der Waals surface area contributed by atoms with E-state index in [1.54, 1.807) is 13.3 Å². The first-order valence-corrected chi connectivity index (χ1v) is 9.00. The molecule has 1 aromatic heterocycles. The van der Waals surface area contributed by atoms with Gasteiger partial charge >= 0.3 is 0 Å². The van der Waals surface area contributed by atoms with E-state index < -0.39 is 0 Å². The molecule has 3 rings (SSSR count). The van der Waals surface area contributed by atoms with Crippen LogP contribution in [0.4, 0.5) is 17.5 Å². The molecule has 27 heavy (non-hydrogen) atoms. The van der Waals surface area contributed by atoms with Crippen molar-refractivity contribution in [1.82, 2.24) is 15.2 Å². The summed E-state index contributed by atoms with van der Waals surface area (Å²) in [5, 5.41) is 14.8. The molecule has 0 fully saturated rings. The predicted octanol–water partition coefficient (Wildman–Crippen LogP) is 4.67. The first kappa shape index (κ1) is 18.6. The zero-order chi connectivity index (χ0) is 19.2. The maximum absolute atomic E-state index is 5.38. The first-order valence-electron chi connectivity index (χ1n) is 9.00. The highest BCUT2D eigenvalue weighted by Crippen LogP contribution is 2.29. The second-order valence-corrected chi connectivity index (χ2v) is 6.65.